The molecule has 0 saturated carbocycles. The van der Waals surface area contributed by atoms with Crippen LogP contribution in [0.15, 0.2) is 18.2 Å². The monoisotopic (exact) mass is 238 g/mol. The number of halogens is 1. The first-order valence-electron chi connectivity index (χ1n) is 5.21. The molecule has 0 aromatic heterocycles. The fourth-order valence-electron chi connectivity index (χ4n) is 1.30. The molecule has 17 heavy (non-hydrogen) atoms. The molecule has 0 fully saturated rings. The van der Waals surface area contributed by atoms with E-state index < -0.39 is 11.4 Å². The van der Waals surface area contributed by atoms with Gasteiger partial charge in [0.15, 0.2) is 0 Å². The lowest BCUT2D eigenvalue weighted by Crippen LogP contribution is -2.40. The molecule has 1 aromatic carbocycles. The van der Waals surface area contributed by atoms with Crippen LogP contribution in [-0.2, 0) is 6.54 Å². The second-order valence-corrected chi connectivity index (χ2v) is 4.18. The minimum absolute atomic E-state index is 0.139. The Morgan fingerprint density at radius 1 is 1.53 bits per heavy atom. The van der Waals surface area contributed by atoms with Crippen molar-refractivity contribution in [3.8, 4) is 6.07 Å². The average Bonchev–Trinajstić information content (AvgIpc) is 2.31. The number of benzene rings is 1. The topological polar surface area (TPSA) is 76.3 Å². The Bertz CT molecular complexity index is 427. The number of aliphatic hydroxyl groups excluding tert-OH is 1. The third-order valence-corrected chi connectivity index (χ3v) is 2.34. The van der Waals surface area contributed by atoms with Crippen molar-refractivity contribution in [1.82, 2.24) is 5.32 Å². The molecule has 3 N–H and O–H groups in total. The first-order valence-corrected chi connectivity index (χ1v) is 5.21. The van der Waals surface area contributed by atoms with Gasteiger partial charge in [-0.3, -0.25) is 0 Å². The summed E-state index contributed by atoms with van der Waals surface area (Å²) in [7, 11) is 0. The van der Waals surface area contributed by atoms with Gasteiger partial charge in [0.05, 0.1) is 23.8 Å². The van der Waals surface area contributed by atoms with Crippen LogP contribution in [0.25, 0.3) is 0 Å². The molecule has 0 aliphatic heterocycles. The highest BCUT2D eigenvalue weighted by atomic mass is 19.1. The zero-order valence-electron chi connectivity index (χ0n) is 9.57. The molecule has 5 heteroatoms. The maximum absolute atomic E-state index is 13.3. The summed E-state index contributed by atoms with van der Waals surface area (Å²) in [4.78, 5) is 0. The molecule has 1 atom stereocenters. The van der Waals surface area contributed by atoms with Crippen LogP contribution in [0.2, 0.25) is 0 Å². The summed E-state index contributed by atoms with van der Waals surface area (Å²) in [5.74, 6) is -0.403. The highest BCUT2D eigenvalue weighted by molar-refractivity contribution is 5.33. The normalized spacial score (nSPS) is 14.1. The molecule has 0 aliphatic carbocycles. The number of rotatable bonds is 5. The second-order valence-electron chi connectivity index (χ2n) is 4.18. The lowest BCUT2D eigenvalue weighted by molar-refractivity contribution is 0.00249. The molecular weight excluding hydrogens is 223 g/mol. The highest BCUT2D eigenvalue weighted by Crippen LogP contribution is 2.10. The molecule has 0 aliphatic rings. The number of nitrogens with one attached hydrogen (secondary N) is 1. The van der Waals surface area contributed by atoms with Gasteiger partial charge >= 0.3 is 0 Å². The summed E-state index contributed by atoms with van der Waals surface area (Å²) in [5, 5.41) is 29.8. The van der Waals surface area contributed by atoms with E-state index in [1.807, 2.05) is 6.07 Å². The van der Waals surface area contributed by atoms with Gasteiger partial charge in [-0.2, -0.15) is 5.26 Å². The Balaban J connectivity index is 2.61. The van der Waals surface area contributed by atoms with Crippen LogP contribution >= 0.6 is 0 Å². The fraction of sp³-hybridized carbons (Fsp3) is 0.417. The van der Waals surface area contributed by atoms with Crippen molar-refractivity contribution in [2.75, 3.05) is 13.2 Å². The average molecular weight is 238 g/mol. The van der Waals surface area contributed by atoms with Crippen LogP contribution < -0.4 is 5.32 Å². The molecule has 0 radical (unpaired) electrons. The number of hydrogen-bond donors (Lipinski definition) is 3. The van der Waals surface area contributed by atoms with E-state index in [9.17, 15) is 9.50 Å². The summed E-state index contributed by atoms with van der Waals surface area (Å²) >= 11 is 0. The van der Waals surface area contributed by atoms with Crippen molar-refractivity contribution in [2.24, 2.45) is 0 Å². The smallest absolute Gasteiger partial charge is 0.127 e. The standard InChI is InChI=1S/C12H15FN2O2/c1-12(17,8-16)7-15-6-10-4-9(5-14)2-3-11(10)13/h2-4,15-17H,6-8H2,1H3. The SMILES string of the molecule is CC(O)(CO)CNCc1cc(C#N)ccc1F. The Morgan fingerprint density at radius 3 is 2.82 bits per heavy atom. The second kappa shape index (κ2) is 5.73. The van der Waals surface area contributed by atoms with Crippen LogP contribution in [0.5, 0.6) is 0 Å². The number of nitrogens with zero attached hydrogens (tertiary/aromatic N) is 1. The van der Waals surface area contributed by atoms with Gasteiger partial charge in [-0.25, -0.2) is 4.39 Å². The van der Waals surface area contributed by atoms with Gasteiger partial charge in [0, 0.05) is 18.7 Å². The van der Waals surface area contributed by atoms with E-state index in [1.165, 1.54) is 25.1 Å². The van der Waals surface area contributed by atoms with Crippen LogP contribution in [0.1, 0.15) is 18.1 Å². The molecule has 92 valence electrons. The summed E-state index contributed by atoms with van der Waals surface area (Å²) in [6.07, 6.45) is 0. The third kappa shape index (κ3) is 4.11. The van der Waals surface area contributed by atoms with Crippen LogP contribution in [0.3, 0.4) is 0 Å². The summed E-state index contributed by atoms with van der Waals surface area (Å²) in [5.41, 5.74) is -0.488. The maximum Gasteiger partial charge on any atom is 0.127 e. The van der Waals surface area contributed by atoms with E-state index >= 15 is 0 Å². The molecule has 0 amide bonds. The largest absolute Gasteiger partial charge is 0.393 e. The third-order valence-electron chi connectivity index (χ3n) is 2.34. The quantitative estimate of drug-likeness (QED) is 0.699. The molecule has 0 saturated heterocycles. The van der Waals surface area contributed by atoms with Crippen molar-refractivity contribution in [2.45, 2.75) is 19.1 Å². The summed E-state index contributed by atoms with van der Waals surface area (Å²) in [6.45, 7) is 1.43. The molecule has 0 heterocycles. The van der Waals surface area contributed by atoms with Crippen LogP contribution in [0.4, 0.5) is 4.39 Å². The first-order chi connectivity index (χ1) is 7.98. The fourth-order valence-corrected chi connectivity index (χ4v) is 1.30. The number of nitriles is 1. The van der Waals surface area contributed by atoms with E-state index in [0.717, 1.165) is 0 Å². The number of hydrogen-bond acceptors (Lipinski definition) is 4. The lowest BCUT2D eigenvalue weighted by Gasteiger charge is -2.20. The lowest BCUT2D eigenvalue weighted by atomic mass is 10.1. The Labute approximate surface area is 99.3 Å². The van der Waals surface area contributed by atoms with Crippen molar-refractivity contribution < 1.29 is 14.6 Å². The van der Waals surface area contributed by atoms with E-state index in [-0.39, 0.29) is 19.7 Å². The molecule has 0 bridgehead atoms. The zero-order valence-corrected chi connectivity index (χ0v) is 9.57. The minimum Gasteiger partial charge on any atom is -0.393 e. The van der Waals surface area contributed by atoms with Crippen LogP contribution in [-0.4, -0.2) is 29.0 Å². The van der Waals surface area contributed by atoms with Gasteiger partial charge in [-0.15, -0.1) is 0 Å². The van der Waals surface area contributed by atoms with Crippen molar-refractivity contribution in [3.05, 3.63) is 35.1 Å². The van der Waals surface area contributed by atoms with E-state index in [4.69, 9.17) is 10.4 Å². The minimum atomic E-state index is -1.23. The summed E-state index contributed by atoms with van der Waals surface area (Å²) in [6, 6.07) is 6.02. The van der Waals surface area contributed by atoms with Crippen molar-refractivity contribution in [1.29, 1.82) is 5.26 Å². The Kier molecular flexibility index (Phi) is 4.58. The van der Waals surface area contributed by atoms with E-state index in [1.54, 1.807) is 0 Å². The highest BCUT2D eigenvalue weighted by Gasteiger charge is 2.18. The van der Waals surface area contributed by atoms with Gasteiger partial charge in [0.25, 0.3) is 0 Å². The molecule has 0 spiro atoms. The molecule has 1 aromatic rings. The first kappa shape index (κ1) is 13.6. The van der Waals surface area contributed by atoms with Gasteiger partial charge in [-0.1, -0.05) is 0 Å². The molecule has 4 nitrogen and oxygen atoms in total. The van der Waals surface area contributed by atoms with Gasteiger partial charge in [0.1, 0.15) is 5.82 Å². The van der Waals surface area contributed by atoms with E-state index in [0.29, 0.717) is 11.1 Å². The maximum atomic E-state index is 13.3. The summed E-state index contributed by atoms with van der Waals surface area (Å²) < 4.78 is 13.3. The van der Waals surface area contributed by atoms with Gasteiger partial charge in [-0.05, 0) is 25.1 Å². The van der Waals surface area contributed by atoms with Crippen molar-refractivity contribution >= 4 is 0 Å². The number of aliphatic hydroxyl groups is 2. The van der Waals surface area contributed by atoms with E-state index in [2.05, 4.69) is 5.32 Å². The predicted octanol–water partition coefficient (Wildman–Crippen LogP) is 0.530. The van der Waals surface area contributed by atoms with Crippen molar-refractivity contribution in [3.63, 3.8) is 0 Å². The molecule has 1 rings (SSSR count). The van der Waals surface area contributed by atoms with Crippen LogP contribution in [0, 0.1) is 17.1 Å². The molecule has 1 unspecified atom stereocenters. The Hall–Kier alpha value is -1.48. The molecular formula is C12H15FN2O2. The van der Waals surface area contributed by atoms with Gasteiger partial charge in [0.2, 0.25) is 0 Å². The predicted molar refractivity (Wildman–Crippen MR) is 60.5 cm³/mol. The van der Waals surface area contributed by atoms with Gasteiger partial charge < -0.3 is 15.5 Å². The Morgan fingerprint density at radius 2 is 2.24 bits per heavy atom. The zero-order chi connectivity index (χ0) is 12.9.